The van der Waals surface area contributed by atoms with Crippen molar-refractivity contribution in [1.29, 1.82) is 0 Å². The van der Waals surface area contributed by atoms with Crippen LogP contribution in [0, 0.1) is 0 Å². The van der Waals surface area contributed by atoms with E-state index in [0.29, 0.717) is 6.61 Å². The van der Waals surface area contributed by atoms with E-state index >= 15 is 0 Å². The number of ether oxygens (including phenoxy) is 1. The quantitative estimate of drug-likeness (QED) is 0.869. The second-order valence-corrected chi connectivity index (χ2v) is 4.08. The van der Waals surface area contributed by atoms with E-state index in [9.17, 15) is 0 Å². The standard InChI is InChI=1S/C15H18N2O/c1-3-18-14-9-7-13(8-10-14)17-12(2)15-6-4-5-11-16-15/h4-12,17H,3H2,1-2H3. The predicted molar refractivity (Wildman–Crippen MR) is 73.9 cm³/mol. The number of aromatic nitrogens is 1. The first-order chi connectivity index (χ1) is 8.79. The summed E-state index contributed by atoms with van der Waals surface area (Å²) in [4.78, 5) is 4.33. The summed E-state index contributed by atoms with van der Waals surface area (Å²) in [7, 11) is 0. The van der Waals surface area contributed by atoms with Gasteiger partial charge in [-0.3, -0.25) is 4.98 Å². The third kappa shape index (κ3) is 3.23. The molecule has 0 bridgehead atoms. The lowest BCUT2D eigenvalue weighted by Gasteiger charge is -2.15. The van der Waals surface area contributed by atoms with E-state index in [-0.39, 0.29) is 6.04 Å². The Hall–Kier alpha value is -2.03. The van der Waals surface area contributed by atoms with Crippen LogP contribution < -0.4 is 10.1 Å². The molecule has 3 nitrogen and oxygen atoms in total. The van der Waals surface area contributed by atoms with Crippen LogP contribution in [0.4, 0.5) is 5.69 Å². The molecule has 0 saturated carbocycles. The number of hydrogen-bond acceptors (Lipinski definition) is 3. The van der Waals surface area contributed by atoms with E-state index in [1.165, 1.54) is 0 Å². The molecule has 1 aromatic heterocycles. The van der Waals surface area contributed by atoms with Crippen molar-refractivity contribution in [2.24, 2.45) is 0 Å². The van der Waals surface area contributed by atoms with E-state index < -0.39 is 0 Å². The zero-order valence-electron chi connectivity index (χ0n) is 10.8. The van der Waals surface area contributed by atoms with E-state index in [1.54, 1.807) is 0 Å². The molecule has 1 heterocycles. The molecule has 0 amide bonds. The number of rotatable bonds is 5. The lowest BCUT2D eigenvalue weighted by Crippen LogP contribution is -2.07. The van der Waals surface area contributed by atoms with Crippen LogP contribution in [0.1, 0.15) is 25.6 Å². The van der Waals surface area contributed by atoms with Crippen molar-refractivity contribution >= 4 is 5.69 Å². The summed E-state index contributed by atoms with van der Waals surface area (Å²) in [5, 5.41) is 3.41. The van der Waals surface area contributed by atoms with E-state index in [1.807, 2.05) is 55.6 Å². The van der Waals surface area contributed by atoms with Crippen LogP contribution in [0.2, 0.25) is 0 Å². The summed E-state index contributed by atoms with van der Waals surface area (Å²) in [6, 6.07) is 14.1. The molecule has 0 spiro atoms. The Morgan fingerprint density at radius 1 is 1.17 bits per heavy atom. The van der Waals surface area contributed by atoms with Gasteiger partial charge >= 0.3 is 0 Å². The molecule has 0 aliphatic rings. The number of anilines is 1. The van der Waals surface area contributed by atoms with Crippen LogP contribution in [-0.2, 0) is 0 Å². The largest absolute Gasteiger partial charge is 0.494 e. The monoisotopic (exact) mass is 242 g/mol. The van der Waals surface area contributed by atoms with Gasteiger partial charge in [-0.1, -0.05) is 6.07 Å². The third-order valence-electron chi connectivity index (χ3n) is 2.68. The van der Waals surface area contributed by atoms with Crippen LogP contribution in [0.15, 0.2) is 48.7 Å². The summed E-state index contributed by atoms with van der Waals surface area (Å²) >= 11 is 0. The first-order valence-corrected chi connectivity index (χ1v) is 6.20. The zero-order chi connectivity index (χ0) is 12.8. The lowest BCUT2D eigenvalue weighted by molar-refractivity contribution is 0.340. The summed E-state index contributed by atoms with van der Waals surface area (Å²) in [5.41, 5.74) is 2.10. The topological polar surface area (TPSA) is 34.1 Å². The van der Waals surface area contributed by atoms with Gasteiger partial charge in [-0.2, -0.15) is 0 Å². The zero-order valence-corrected chi connectivity index (χ0v) is 10.8. The van der Waals surface area contributed by atoms with Crippen molar-refractivity contribution in [3.8, 4) is 5.75 Å². The fourth-order valence-corrected chi connectivity index (χ4v) is 1.77. The molecular formula is C15H18N2O. The SMILES string of the molecule is CCOc1ccc(NC(C)c2ccccn2)cc1. The summed E-state index contributed by atoms with van der Waals surface area (Å²) < 4.78 is 5.41. The fraction of sp³-hybridized carbons (Fsp3) is 0.267. The minimum atomic E-state index is 0.184. The maximum atomic E-state index is 5.41. The van der Waals surface area contributed by atoms with Crippen molar-refractivity contribution in [3.63, 3.8) is 0 Å². The van der Waals surface area contributed by atoms with Gasteiger partial charge in [-0.15, -0.1) is 0 Å². The van der Waals surface area contributed by atoms with E-state index in [0.717, 1.165) is 17.1 Å². The average Bonchev–Trinajstić information content (AvgIpc) is 2.42. The van der Waals surface area contributed by atoms with Gasteiger partial charge in [0.15, 0.2) is 0 Å². The van der Waals surface area contributed by atoms with E-state index in [2.05, 4.69) is 17.2 Å². The van der Waals surface area contributed by atoms with Gasteiger partial charge in [0.1, 0.15) is 5.75 Å². The minimum absolute atomic E-state index is 0.184. The molecule has 2 rings (SSSR count). The highest BCUT2D eigenvalue weighted by Gasteiger charge is 2.05. The Balaban J connectivity index is 2.01. The van der Waals surface area contributed by atoms with Gasteiger partial charge in [0, 0.05) is 11.9 Å². The molecule has 2 aromatic rings. The Morgan fingerprint density at radius 3 is 2.56 bits per heavy atom. The molecule has 0 fully saturated rings. The van der Waals surface area contributed by atoms with Gasteiger partial charge in [0.05, 0.1) is 18.3 Å². The Bertz CT molecular complexity index is 468. The molecule has 0 aliphatic heterocycles. The average molecular weight is 242 g/mol. The number of hydrogen-bond donors (Lipinski definition) is 1. The molecule has 18 heavy (non-hydrogen) atoms. The summed E-state index contributed by atoms with van der Waals surface area (Å²) in [5.74, 6) is 0.897. The molecule has 0 aliphatic carbocycles. The molecule has 1 atom stereocenters. The predicted octanol–water partition coefficient (Wildman–Crippen LogP) is 3.65. The van der Waals surface area contributed by atoms with Crippen molar-refractivity contribution in [2.75, 3.05) is 11.9 Å². The molecule has 1 aromatic carbocycles. The van der Waals surface area contributed by atoms with Gasteiger partial charge in [0.25, 0.3) is 0 Å². The van der Waals surface area contributed by atoms with E-state index in [4.69, 9.17) is 4.74 Å². The van der Waals surface area contributed by atoms with Crippen molar-refractivity contribution in [1.82, 2.24) is 4.98 Å². The molecule has 3 heteroatoms. The first kappa shape index (κ1) is 12.4. The van der Waals surface area contributed by atoms with Crippen LogP contribution in [0.25, 0.3) is 0 Å². The number of benzene rings is 1. The highest BCUT2D eigenvalue weighted by molar-refractivity contribution is 5.47. The molecular weight excluding hydrogens is 224 g/mol. The summed E-state index contributed by atoms with van der Waals surface area (Å²) in [6.45, 7) is 4.77. The number of nitrogens with zero attached hydrogens (tertiary/aromatic N) is 1. The van der Waals surface area contributed by atoms with Crippen LogP contribution in [-0.4, -0.2) is 11.6 Å². The minimum Gasteiger partial charge on any atom is -0.494 e. The Morgan fingerprint density at radius 2 is 1.94 bits per heavy atom. The van der Waals surface area contributed by atoms with Crippen molar-refractivity contribution < 1.29 is 4.74 Å². The molecule has 94 valence electrons. The van der Waals surface area contributed by atoms with Crippen molar-refractivity contribution in [3.05, 3.63) is 54.4 Å². The second-order valence-electron chi connectivity index (χ2n) is 4.08. The molecule has 1 N–H and O–H groups in total. The lowest BCUT2D eigenvalue weighted by atomic mass is 10.2. The smallest absolute Gasteiger partial charge is 0.119 e. The summed E-state index contributed by atoms with van der Waals surface area (Å²) in [6.07, 6.45) is 1.81. The van der Waals surface area contributed by atoms with Crippen molar-refractivity contribution in [2.45, 2.75) is 19.9 Å². The number of nitrogens with one attached hydrogen (secondary N) is 1. The Kier molecular flexibility index (Phi) is 4.18. The van der Waals surface area contributed by atoms with Crippen LogP contribution in [0.5, 0.6) is 5.75 Å². The number of pyridine rings is 1. The van der Waals surface area contributed by atoms with Gasteiger partial charge in [-0.25, -0.2) is 0 Å². The fourth-order valence-electron chi connectivity index (χ4n) is 1.77. The maximum Gasteiger partial charge on any atom is 0.119 e. The van der Waals surface area contributed by atoms with Gasteiger partial charge < -0.3 is 10.1 Å². The molecule has 0 radical (unpaired) electrons. The Labute approximate surface area is 108 Å². The highest BCUT2D eigenvalue weighted by atomic mass is 16.5. The second kappa shape index (κ2) is 6.05. The van der Waals surface area contributed by atoms with Gasteiger partial charge in [-0.05, 0) is 50.2 Å². The highest BCUT2D eigenvalue weighted by Crippen LogP contribution is 2.20. The first-order valence-electron chi connectivity index (χ1n) is 6.20. The van der Waals surface area contributed by atoms with Gasteiger partial charge in [0.2, 0.25) is 0 Å². The maximum absolute atomic E-state index is 5.41. The molecule has 1 unspecified atom stereocenters. The van der Waals surface area contributed by atoms with Crippen LogP contribution in [0.3, 0.4) is 0 Å². The molecule has 0 saturated heterocycles. The van der Waals surface area contributed by atoms with Crippen LogP contribution >= 0.6 is 0 Å². The third-order valence-corrected chi connectivity index (χ3v) is 2.68. The normalized spacial score (nSPS) is 11.9.